The van der Waals surface area contributed by atoms with Crippen molar-refractivity contribution in [2.24, 2.45) is 0 Å². The Morgan fingerprint density at radius 3 is 2.95 bits per heavy atom. The van der Waals surface area contributed by atoms with E-state index >= 15 is 0 Å². The summed E-state index contributed by atoms with van der Waals surface area (Å²) in [6.45, 7) is 0. The third-order valence-electron chi connectivity index (χ3n) is 2.60. The number of imidazole rings is 1. The normalized spacial score (nSPS) is 10.4. The Kier molecular flexibility index (Phi) is 4.34. The van der Waals surface area contributed by atoms with Crippen LogP contribution < -0.4 is 4.74 Å². The molecule has 0 unspecified atom stereocenters. The summed E-state index contributed by atoms with van der Waals surface area (Å²) < 4.78 is 6.61. The van der Waals surface area contributed by atoms with Gasteiger partial charge in [-0.05, 0) is 12.3 Å². The molecule has 0 aromatic carbocycles. The Bertz CT molecular complexity index is 662. The SMILES string of the molecule is COc1cc(SC)sc1-c1nc2cnccc2[nH]1.Cl. The van der Waals surface area contributed by atoms with Crippen molar-refractivity contribution < 1.29 is 4.74 Å². The summed E-state index contributed by atoms with van der Waals surface area (Å²) in [6, 6.07) is 3.96. The number of hydrogen-bond acceptors (Lipinski definition) is 5. The fourth-order valence-electron chi connectivity index (χ4n) is 1.73. The Labute approximate surface area is 125 Å². The lowest BCUT2D eigenvalue weighted by Crippen LogP contribution is -1.83. The van der Waals surface area contributed by atoms with Crippen LogP contribution in [0.25, 0.3) is 21.7 Å². The van der Waals surface area contributed by atoms with Crippen LogP contribution in [-0.4, -0.2) is 28.3 Å². The number of aromatic amines is 1. The molecule has 19 heavy (non-hydrogen) atoms. The molecule has 0 aliphatic rings. The maximum atomic E-state index is 5.40. The highest BCUT2D eigenvalue weighted by molar-refractivity contribution is 8.00. The Hall–Kier alpha value is -1.24. The number of aromatic nitrogens is 3. The first kappa shape index (κ1) is 14.2. The minimum atomic E-state index is 0. The number of ether oxygens (including phenoxy) is 1. The van der Waals surface area contributed by atoms with Crippen LogP contribution >= 0.6 is 35.5 Å². The van der Waals surface area contributed by atoms with Gasteiger partial charge in [-0.25, -0.2) is 4.98 Å². The van der Waals surface area contributed by atoms with Crippen molar-refractivity contribution in [3.8, 4) is 16.5 Å². The molecule has 7 heteroatoms. The standard InChI is InChI=1S/C12H11N3OS2.ClH/c1-16-9-5-10(17-2)18-11(9)12-14-7-3-4-13-6-8(7)15-12;/h3-6H,1-2H3,(H,14,15);1H. The van der Waals surface area contributed by atoms with Gasteiger partial charge in [0.15, 0.2) is 5.82 Å². The second-order valence-electron chi connectivity index (χ2n) is 3.65. The minimum Gasteiger partial charge on any atom is -0.495 e. The van der Waals surface area contributed by atoms with Crippen LogP contribution in [0.5, 0.6) is 5.75 Å². The topological polar surface area (TPSA) is 50.8 Å². The third kappa shape index (κ3) is 2.56. The zero-order chi connectivity index (χ0) is 12.5. The van der Waals surface area contributed by atoms with Gasteiger partial charge in [0.1, 0.15) is 16.1 Å². The van der Waals surface area contributed by atoms with E-state index < -0.39 is 0 Å². The Morgan fingerprint density at radius 2 is 2.26 bits per heavy atom. The number of fused-ring (bicyclic) bond motifs is 1. The van der Waals surface area contributed by atoms with Crippen LogP contribution in [0.2, 0.25) is 0 Å². The summed E-state index contributed by atoms with van der Waals surface area (Å²) in [6.07, 6.45) is 5.56. The molecule has 0 bridgehead atoms. The second-order valence-corrected chi connectivity index (χ2v) is 5.80. The zero-order valence-electron chi connectivity index (χ0n) is 10.3. The predicted molar refractivity (Wildman–Crippen MR) is 82.8 cm³/mol. The van der Waals surface area contributed by atoms with Gasteiger partial charge >= 0.3 is 0 Å². The quantitative estimate of drug-likeness (QED) is 0.746. The van der Waals surface area contributed by atoms with Crippen molar-refractivity contribution in [3.05, 3.63) is 24.5 Å². The first-order chi connectivity index (χ1) is 8.81. The fourth-order valence-corrected chi connectivity index (χ4v) is 3.35. The molecule has 3 rings (SSSR count). The molecular formula is C12H12ClN3OS2. The molecule has 1 N–H and O–H groups in total. The molecule has 100 valence electrons. The van der Waals surface area contributed by atoms with Crippen LogP contribution in [0.3, 0.4) is 0 Å². The van der Waals surface area contributed by atoms with E-state index in [1.807, 2.05) is 12.1 Å². The third-order valence-corrected chi connectivity index (χ3v) is 4.78. The van der Waals surface area contributed by atoms with E-state index in [0.717, 1.165) is 27.5 Å². The number of nitrogens with zero attached hydrogens (tertiary/aromatic N) is 2. The van der Waals surface area contributed by atoms with Crippen LogP contribution in [0.15, 0.2) is 28.7 Å². The summed E-state index contributed by atoms with van der Waals surface area (Å²) in [5.74, 6) is 1.69. The number of thiophene rings is 1. The maximum Gasteiger partial charge on any atom is 0.152 e. The molecule has 0 atom stereocenters. The lowest BCUT2D eigenvalue weighted by atomic mass is 10.4. The molecule has 0 amide bonds. The summed E-state index contributed by atoms with van der Waals surface area (Å²) >= 11 is 3.38. The number of halogens is 1. The van der Waals surface area contributed by atoms with E-state index in [1.165, 1.54) is 4.21 Å². The Balaban J connectivity index is 0.00000133. The average molecular weight is 314 g/mol. The van der Waals surface area contributed by atoms with E-state index in [2.05, 4.69) is 21.2 Å². The van der Waals surface area contributed by atoms with Gasteiger partial charge in [-0.1, -0.05) is 0 Å². The van der Waals surface area contributed by atoms with Gasteiger partial charge in [0, 0.05) is 12.3 Å². The lowest BCUT2D eigenvalue weighted by molar-refractivity contribution is 0.417. The summed E-state index contributed by atoms with van der Waals surface area (Å²) in [7, 11) is 1.68. The van der Waals surface area contributed by atoms with E-state index in [1.54, 1.807) is 42.6 Å². The molecular weight excluding hydrogens is 302 g/mol. The van der Waals surface area contributed by atoms with Gasteiger partial charge in [-0.3, -0.25) is 4.98 Å². The van der Waals surface area contributed by atoms with Crippen molar-refractivity contribution in [3.63, 3.8) is 0 Å². The monoisotopic (exact) mass is 313 g/mol. The van der Waals surface area contributed by atoms with E-state index in [-0.39, 0.29) is 12.4 Å². The number of pyridine rings is 1. The van der Waals surface area contributed by atoms with Gasteiger partial charge in [0.25, 0.3) is 0 Å². The summed E-state index contributed by atoms with van der Waals surface area (Å²) in [5.41, 5.74) is 1.86. The lowest BCUT2D eigenvalue weighted by Gasteiger charge is -1.97. The largest absolute Gasteiger partial charge is 0.495 e. The average Bonchev–Trinajstić information content (AvgIpc) is 3.01. The number of rotatable bonds is 3. The van der Waals surface area contributed by atoms with Gasteiger partial charge in [0.05, 0.1) is 23.0 Å². The van der Waals surface area contributed by atoms with Gasteiger partial charge in [-0.15, -0.1) is 35.5 Å². The van der Waals surface area contributed by atoms with Crippen LogP contribution in [-0.2, 0) is 0 Å². The molecule has 0 radical (unpaired) electrons. The van der Waals surface area contributed by atoms with Gasteiger partial charge < -0.3 is 9.72 Å². The van der Waals surface area contributed by atoms with Crippen molar-refractivity contribution >= 4 is 46.5 Å². The first-order valence-electron chi connectivity index (χ1n) is 5.33. The molecule has 0 aliphatic carbocycles. The van der Waals surface area contributed by atoms with E-state index in [0.29, 0.717) is 0 Å². The second kappa shape index (κ2) is 5.81. The van der Waals surface area contributed by atoms with Crippen molar-refractivity contribution in [2.75, 3.05) is 13.4 Å². The molecule has 0 saturated carbocycles. The number of thioether (sulfide) groups is 1. The molecule has 3 aromatic heterocycles. The highest BCUT2D eigenvalue weighted by Gasteiger charge is 2.15. The molecule has 0 fully saturated rings. The van der Waals surface area contributed by atoms with Gasteiger partial charge in [-0.2, -0.15) is 0 Å². The smallest absolute Gasteiger partial charge is 0.152 e. The summed E-state index contributed by atoms with van der Waals surface area (Å²) in [4.78, 5) is 12.9. The molecule has 0 spiro atoms. The predicted octanol–water partition coefficient (Wildman–Crippen LogP) is 3.84. The number of H-pyrrole nitrogens is 1. The van der Waals surface area contributed by atoms with E-state index in [4.69, 9.17) is 4.74 Å². The number of hydrogen-bond donors (Lipinski definition) is 1. The summed E-state index contributed by atoms with van der Waals surface area (Å²) in [5, 5.41) is 0. The highest BCUT2D eigenvalue weighted by atomic mass is 35.5. The highest BCUT2D eigenvalue weighted by Crippen LogP contribution is 2.40. The van der Waals surface area contributed by atoms with Crippen LogP contribution in [0.1, 0.15) is 0 Å². The maximum absolute atomic E-state index is 5.40. The fraction of sp³-hybridized carbons (Fsp3) is 0.167. The van der Waals surface area contributed by atoms with Crippen LogP contribution in [0, 0.1) is 0 Å². The van der Waals surface area contributed by atoms with Crippen molar-refractivity contribution in [1.29, 1.82) is 0 Å². The molecule has 0 saturated heterocycles. The minimum absolute atomic E-state index is 0. The van der Waals surface area contributed by atoms with Crippen LogP contribution in [0.4, 0.5) is 0 Å². The van der Waals surface area contributed by atoms with Gasteiger partial charge in [0.2, 0.25) is 0 Å². The number of nitrogens with one attached hydrogen (secondary N) is 1. The Morgan fingerprint density at radius 1 is 1.42 bits per heavy atom. The molecule has 0 aliphatic heterocycles. The molecule has 3 aromatic rings. The van der Waals surface area contributed by atoms with Crippen molar-refractivity contribution in [1.82, 2.24) is 15.0 Å². The molecule has 4 nitrogen and oxygen atoms in total. The molecule has 3 heterocycles. The zero-order valence-corrected chi connectivity index (χ0v) is 12.8. The first-order valence-corrected chi connectivity index (χ1v) is 7.38. The number of methoxy groups -OCH3 is 1. The van der Waals surface area contributed by atoms with Crippen molar-refractivity contribution in [2.45, 2.75) is 4.21 Å². The van der Waals surface area contributed by atoms with E-state index in [9.17, 15) is 0 Å².